The minimum Gasteiger partial charge on any atom is -0.462 e. The minimum atomic E-state index is -0.230. The molecule has 0 radical (unpaired) electrons. The maximum absolute atomic E-state index is 12.6. The lowest BCUT2D eigenvalue weighted by atomic mass is 9.92. The molecule has 1 saturated heterocycles. The molecule has 3 heterocycles. The Labute approximate surface area is 260 Å². The van der Waals surface area contributed by atoms with Crippen LogP contribution < -0.4 is 14.5 Å². The first-order chi connectivity index (χ1) is 21.5. The number of nitriles is 1. The molecule has 0 bridgehead atoms. The van der Waals surface area contributed by atoms with E-state index in [0.717, 1.165) is 43.0 Å². The van der Waals surface area contributed by atoms with Gasteiger partial charge in [0.15, 0.2) is 0 Å². The van der Waals surface area contributed by atoms with Gasteiger partial charge in [-0.25, -0.2) is 0 Å². The third-order valence-corrected chi connectivity index (χ3v) is 9.62. The van der Waals surface area contributed by atoms with E-state index < -0.39 is 0 Å². The monoisotopic (exact) mass is 593 g/mol. The number of anilines is 2. The third kappa shape index (κ3) is 6.09. The molecule has 1 aliphatic carbocycles. The Hall–Kier alpha value is -4.16. The van der Waals surface area contributed by atoms with Crippen LogP contribution in [0.4, 0.5) is 11.5 Å². The fraction of sp³-hybridized carbons (Fsp3) is 0.486. The second kappa shape index (κ2) is 13.2. The minimum absolute atomic E-state index is 0.132. The van der Waals surface area contributed by atoms with E-state index in [1.54, 1.807) is 4.90 Å². The molecule has 0 N–H and O–H groups in total. The van der Waals surface area contributed by atoms with Crippen molar-refractivity contribution in [1.29, 1.82) is 5.26 Å². The highest BCUT2D eigenvalue weighted by atomic mass is 16.5. The molecule has 1 unspecified atom stereocenters. The predicted molar refractivity (Wildman–Crippen MR) is 174 cm³/mol. The van der Waals surface area contributed by atoms with Gasteiger partial charge >= 0.3 is 6.01 Å². The van der Waals surface area contributed by atoms with Crippen LogP contribution in [-0.2, 0) is 17.8 Å². The molecule has 3 aromatic rings. The summed E-state index contributed by atoms with van der Waals surface area (Å²) in [5, 5.41) is 12.1. The first-order valence-electron chi connectivity index (χ1n) is 16.0. The van der Waals surface area contributed by atoms with Gasteiger partial charge in [0.2, 0.25) is 5.91 Å². The molecular weight excluding hydrogens is 550 g/mol. The average Bonchev–Trinajstić information content (AvgIpc) is 3.22. The maximum atomic E-state index is 12.6. The molecule has 1 saturated carbocycles. The molecule has 44 heavy (non-hydrogen) atoms. The quantitative estimate of drug-likeness (QED) is 0.325. The smallest absolute Gasteiger partial charge is 0.318 e. The number of rotatable bonds is 9. The number of aryl methyl sites for hydroxylation is 1. The second-order valence-electron chi connectivity index (χ2n) is 12.3. The summed E-state index contributed by atoms with van der Waals surface area (Å²) in [5.41, 5.74) is 4.62. The average molecular weight is 594 g/mol. The van der Waals surface area contributed by atoms with E-state index >= 15 is 0 Å². The van der Waals surface area contributed by atoms with Crippen LogP contribution in [0.15, 0.2) is 49.1 Å². The Kier molecular flexibility index (Phi) is 8.99. The lowest BCUT2D eigenvalue weighted by Gasteiger charge is -2.41. The largest absolute Gasteiger partial charge is 0.462 e. The summed E-state index contributed by atoms with van der Waals surface area (Å²) in [7, 11) is 2.17. The number of ether oxygens (including phenoxy) is 1. The summed E-state index contributed by atoms with van der Waals surface area (Å²) < 4.78 is 6.28. The summed E-state index contributed by atoms with van der Waals surface area (Å²) in [6, 6.07) is 16.1. The highest BCUT2D eigenvalue weighted by molar-refractivity contribution is 5.97. The number of aromatic nitrogens is 2. The van der Waals surface area contributed by atoms with Crippen molar-refractivity contribution in [2.75, 3.05) is 56.2 Å². The van der Waals surface area contributed by atoms with Crippen molar-refractivity contribution >= 4 is 28.2 Å². The molecule has 1 amide bonds. The van der Waals surface area contributed by atoms with Gasteiger partial charge in [-0.3, -0.25) is 4.79 Å². The number of hydrogen-bond donors (Lipinski definition) is 0. The fourth-order valence-corrected chi connectivity index (χ4v) is 6.92. The molecule has 230 valence electrons. The van der Waals surface area contributed by atoms with E-state index in [4.69, 9.17) is 14.7 Å². The van der Waals surface area contributed by atoms with E-state index in [0.29, 0.717) is 44.8 Å². The lowest BCUT2D eigenvalue weighted by Crippen LogP contribution is -2.55. The van der Waals surface area contributed by atoms with Crippen LogP contribution in [0.3, 0.4) is 0 Å². The number of hydrogen-bond acceptors (Lipinski definition) is 8. The molecule has 6 rings (SSSR count). The third-order valence-electron chi connectivity index (χ3n) is 9.62. The van der Waals surface area contributed by atoms with Gasteiger partial charge < -0.3 is 24.3 Å². The van der Waals surface area contributed by atoms with Crippen LogP contribution in [0, 0.1) is 18.3 Å². The SMILES string of the molecule is C=CC(=O)N1CCN(c2nc(OCCN(C)C3CCC3)nc3c2CCCN(c2cccc4cccc(C)c24)C3)CC1CC#N. The van der Waals surface area contributed by atoms with Crippen LogP contribution >= 0.6 is 0 Å². The van der Waals surface area contributed by atoms with Crippen molar-refractivity contribution < 1.29 is 9.53 Å². The molecule has 1 atom stereocenters. The first kappa shape index (κ1) is 29.9. The zero-order valence-electron chi connectivity index (χ0n) is 26.0. The molecule has 1 aromatic heterocycles. The number of carbonyl (C=O) groups is 1. The summed E-state index contributed by atoms with van der Waals surface area (Å²) in [6.07, 6.45) is 7.23. The van der Waals surface area contributed by atoms with Gasteiger partial charge in [-0.05, 0) is 62.7 Å². The molecular formula is C35H43N7O2. The normalized spacial score (nSPS) is 18.9. The molecule has 9 heteroatoms. The Bertz CT molecular complexity index is 1560. The molecule has 2 aromatic carbocycles. The number of nitrogens with zero attached hydrogens (tertiary/aromatic N) is 7. The van der Waals surface area contributed by atoms with E-state index in [1.807, 2.05) is 0 Å². The molecule has 2 fully saturated rings. The number of carbonyl (C=O) groups excluding carboxylic acids is 1. The van der Waals surface area contributed by atoms with Gasteiger partial charge in [0, 0.05) is 55.4 Å². The Balaban J connectivity index is 1.33. The number of fused-ring (bicyclic) bond motifs is 2. The van der Waals surface area contributed by atoms with Crippen LogP contribution in [0.1, 0.15) is 48.9 Å². The second-order valence-corrected chi connectivity index (χ2v) is 12.3. The number of likely N-dealkylation sites (N-methyl/N-ethyl adjacent to an activating group) is 1. The van der Waals surface area contributed by atoms with Gasteiger partial charge in [0.1, 0.15) is 12.4 Å². The van der Waals surface area contributed by atoms with Crippen LogP contribution in [-0.4, -0.2) is 84.1 Å². The van der Waals surface area contributed by atoms with Gasteiger partial charge in [-0.1, -0.05) is 43.3 Å². The standard InChI is InChI=1S/C35H43N7O2/c1-4-32(43)42-20-19-41(23-28(42)16-17-36)34-29-14-8-18-40(31-15-6-11-26-10-5-9-25(2)33(26)31)24-30(29)37-35(38-34)44-22-21-39(3)27-12-7-13-27/h4-6,9-11,15,27-28H,1,7-8,12-14,16,18-24H2,2-3H3. The summed E-state index contributed by atoms with van der Waals surface area (Å²) in [6.45, 7) is 10.4. The van der Waals surface area contributed by atoms with Crippen molar-refractivity contribution in [2.24, 2.45) is 0 Å². The zero-order valence-corrected chi connectivity index (χ0v) is 26.0. The van der Waals surface area contributed by atoms with Gasteiger partial charge in [0.25, 0.3) is 0 Å². The number of amides is 1. The fourth-order valence-electron chi connectivity index (χ4n) is 6.92. The van der Waals surface area contributed by atoms with Crippen LogP contribution in [0.5, 0.6) is 6.01 Å². The van der Waals surface area contributed by atoms with Crippen LogP contribution in [0.2, 0.25) is 0 Å². The topological polar surface area (TPSA) is 88.8 Å². The van der Waals surface area contributed by atoms with Crippen LogP contribution in [0.25, 0.3) is 10.8 Å². The summed E-state index contributed by atoms with van der Waals surface area (Å²) in [5.74, 6) is 0.744. The number of piperazine rings is 1. The number of benzene rings is 2. The summed E-state index contributed by atoms with van der Waals surface area (Å²) in [4.78, 5) is 31.5. The zero-order chi connectivity index (χ0) is 30.6. The van der Waals surface area contributed by atoms with Gasteiger partial charge in [-0.2, -0.15) is 15.2 Å². The van der Waals surface area contributed by atoms with E-state index in [2.05, 4.69) is 77.7 Å². The Morgan fingerprint density at radius 2 is 1.95 bits per heavy atom. The Morgan fingerprint density at radius 1 is 1.14 bits per heavy atom. The molecule has 0 spiro atoms. The lowest BCUT2D eigenvalue weighted by molar-refractivity contribution is -0.128. The molecule has 9 nitrogen and oxygen atoms in total. The maximum Gasteiger partial charge on any atom is 0.318 e. The molecule has 2 aliphatic heterocycles. The molecule has 3 aliphatic rings. The van der Waals surface area contributed by atoms with E-state index in [9.17, 15) is 10.1 Å². The first-order valence-corrected chi connectivity index (χ1v) is 16.0. The van der Waals surface area contributed by atoms with E-state index in [-0.39, 0.29) is 18.4 Å². The highest BCUT2D eigenvalue weighted by Crippen LogP contribution is 2.35. The predicted octanol–water partition coefficient (Wildman–Crippen LogP) is 4.87. The summed E-state index contributed by atoms with van der Waals surface area (Å²) >= 11 is 0. The van der Waals surface area contributed by atoms with Gasteiger partial charge in [-0.15, -0.1) is 0 Å². The van der Waals surface area contributed by atoms with Crippen molar-refractivity contribution in [2.45, 2.75) is 64.1 Å². The van der Waals surface area contributed by atoms with Crippen molar-refractivity contribution in [3.63, 3.8) is 0 Å². The van der Waals surface area contributed by atoms with E-state index in [1.165, 1.54) is 47.4 Å². The van der Waals surface area contributed by atoms with Crippen molar-refractivity contribution in [3.05, 3.63) is 65.9 Å². The van der Waals surface area contributed by atoms with Crippen molar-refractivity contribution in [3.8, 4) is 12.1 Å². The van der Waals surface area contributed by atoms with Crippen molar-refractivity contribution in [1.82, 2.24) is 19.8 Å². The highest BCUT2D eigenvalue weighted by Gasteiger charge is 2.33. The Morgan fingerprint density at radius 3 is 2.70 bits per heavy atom. The van der Waals surface area contributed by atoms with Gasteiger partial charge in [0.05, 0.1) is 30.8 Å².